The highest BCUT2D eigenvalue weighted by Crippen LogP contribution is 2.32. The molecule has 1 saturated heterocycles. The van der Waals surface area contributed by atoms with Crippen LogP contribution in [-0.4, -0.2) is 42.4 Å². The molecule has 3 aromatic rings. The minimum Gasteiger partial charge on any atom is -0.338 e. The summed E-state index contributed by atoms with van der Waals surface area (Å²) in [7, 11) is 0. The van der Waals surface area contributed by atoms with Crippen molar-refractivity contribution in [3.63, 3.8) is 0 Å². The minimum atomic E-state index is -0.248. The van der Waals surface area contributed by atoms with Crippen LogP contribution in [0.25, 0.3) is 10.8 Å². The van der Waals surface area contributed by atoms with Crippen molar-refractivity contribution in [3.8, 4) is 0 Å². The highest BCUT2D eigenvalue weighted by Gasteiger charge is 2.31. The molecule has 36 heavy (non-hydrogen) atoms. The van der Waals surface area contributed by atoms with E-state index < -0.39 is 0 Å². The summed E-state index contributed by atoms with van der Waals surface area (Å²) < 4.78 is 0. The molecule has 1 heterocycles. The first-order valence-corrected chi connectivity index (χ1v) is 12.7. The van der Waals surface area contributed by atoms with E-state index in [4.69, 9.17) is 0 Å². The molecule has 3 N–H and O–H groups in total. The molecule has 186 valence electrons. The highest BCUT2D eigenvalue weighted by molar-refractivity contribution is 6.08. The number of hydrogen-bond donors (Lipinski definition) is 3. The SMILES string of the molecule is Cc1ccc(NC(=O)NCC2CCCN(C(=O)c3cc4ccccc4cc3NC(=O)C3CC3)C2)cc1. The lowest BCUT2D eigenvalue weighted by Crippen LogP contribution is -2.44. The van der Waals surface area contributed by atoms with Gasteiger partial charge in [-0.15, -0.1) is 0 Å². The van der Waals surface area contributed by atoms with Gasteiger partial charge in [-0.2, -0.15) is 0 Å². The lowest BCUT2D eigenvalue weighted by atomic mass is 9.96. The third-order valence-corrected chi connectivity index (χ3v) is 6.99. The standard InChI is InChI=1S/C29H32N4O3/c1-19-8-12-24(13-9-19)31-29(36)30-17-20-5-4-14-33(18-20)28(35)25-15-22-6-2-3-7-23(22)16-26(25)32-27(34)21-10-11-21/h2-3,6-9,12-13,15-16,20-21H,4-5,10-11,14,17-18H2,1H3,(H,32,34)(H2,30,31,36). The number of carbonyl (C=O) groups excluding carboxylic acids is 3. The largest absolute Gasteiger partial charge is 0.338 e. The number of piperidine rings is 1. The van der Waals surface area contributed by atoms with E-state index in [0.717, 1.165) is 47.7 Å². The van der Waals surface area contributed by atoms with Crippen LogP contribution in [0.4, 0.5) is 16.2 Å². The third-order valence-electron chi connectivity index (χ3n) is 6.99. The molecule has 1 aliphatic heterocycles. The first-order valence-electron chi connectivity index (χ1n) is 12.7. The summed E-state index contributed by atoms with van der Waals surface area (Å²) in [6.07, 6.45) is 3.62. The Morgan fingerprint density at radius 3 is 2.36 bits per heavy atom. The molecule has 5 rings (SSSR count). The van der Waals surface area contributed by atoms with Gasteiger partial charge < -0.3 is 20.9 Å². The molecule has 4 amide bonds. The maximum absolute atomic E-state index is 13.7. The van der Waals surface area contributed by atoms with Gasteiger partial charge >= 0.3 is 6.03 Å². The van der Waals surface area contributed by atoms with E-state index in [1.54, 1.807) is 0 Å². The molecule has 7 nitrogen and oxygen atoms in total. The van der Waals surface area contributed by atoms with E-state index in [1.165, 1.54) is 0 Å². The molecule has 1 unspecified atom stereocenters. The van der Waals surface area contributed by atoms with Crippen molar-refractivity contribution in [2.24, 2.45) is 11.8 Å². The summed E-state index contributed by atoms with van der Waals surface area (Å²) in [5.74, 6) is 0.118. The van der Waals surface area contributed by atoms with Gasteiger partial charge in [0.1, 0.15) is 0 Å². The van der Waals surface area contributed by atoms with Crippen LogP contribution in [0.15, 0.2) is 60.7 Å². The van der Waals surface area contributed by atoms with Crippen LogP contribution in [0.5, 0.6) is 0 Å². The Kier molecular flexibility index (Phi) is 6.89. The average Bonchev–Trinajstić information content (AvgIpc) is 3.74. The van der Waals surface area contributed by atoms with Crippen LogP contribution in [0.2, 0.25) is 0 Å². The van der Waals surface area contributed by atoms with Crippen molar-refractivity contribution in [2.75, 3.05) is 30.3 Å². The predicted molar refractivity (Wildman–Crippen MR) is 142 cm³/mol. The van der Waals surface area contributed by atoms with E-state index in [-0.39, 0.29) is 29.7 Å². The van der Waals surface area contributed by atoms with Gasteiger partial charge in [0.15, 0.2) is 0 Å². The highest BCUT2D eigenvalue weighted by atomic mass is 16.2. The Balaban J connectivity index is 1.25. The van der Waals surface area contributed by atoms with Crippen molar-refractivity contribution in [3.05, 3.63) is 71.8 Å². The molecule has 2 aliphatic rings. The Morgan fingerprint density at radius 1 is 0.917 bits per heavy atom. The summed E-state index contributed by atoms with van der Waals surface area (Å²) >= 11 is 0. The number of amides is 4. The van der Waals surface area contributed by atoms with Gasteiger partial charge in [-0.05, 0) is 73.6 Å². The Hall–Kier alpha value is -3.87. The van der Waals surface area contributed by atoms with E-state index in [2.05, 4.69) is 16.0 Å². The molecule has 0 aromatic heterocycles. The number of nitrogens with one attached hydrogen (secondary N) is 3. The smallest absolute Gasteiger partial charge is 0.319 e. The maximum atomic E-state index is 13.7. The number of aryl methyl sites for hydroxylation is 1. The van der Waals surface area contributed by atoms with Crippen LogP contribution in [0.1, 0.15) is 41.6 Å². The third kappa shape index (κ3) is 5.67. The Morgan fingerprint density at radius 2 is 1.64 bits per heavy atom. The molecule has 0 radical (unpaired) electrons. The number of carbonyl (C=O) groups is 3. The molecule has 0 spiro atoms. The molecule has 1 atom stereocenters. The summed E-state index contributed by atoms with van der Waals surface area (Å²) in [6.45, 7) is 3.71. The van der Waals surface area contributed by atoms with Gasteiger partial charge in [0.2, 0.25) is 5.91 Å². The Labute approximate surface area is 211 Å². The predicted octanol–water partition coefficient (Wildman–Crippen LogP) is 5.17. The van der Waals surface area contributed by atoms with Crippen molar-refractivity contribution >= 4 is 40.0 Å². The first-order chi connectivity index (χ1) is 17.5. The number of anilines is 2. The molecule has 1 saturated carbocycles. The summed E-state index contributed by atoms with van der Waals surface area (Å²) in [4.78, 5) is 40.4. The second-order valence-electron chi connectivity index (χ2n) is 9.97. The van der Waals surface area contributed by atoms with Gasteiger partial charge in [0.05, 0.1) is 11.3 Å². The molecule has 1 aliphatic carbocycles. The fourth-order valence-corrected chi connectivity index (χ4v) is 4.74. The topological polar surface area (TPSA) is 90.5 Å². The molecule has 7 heteroatoms. The molecular formula is C29H32N4O3. The lowest BCUT2D eigenvalue weighted by Gasteiger charge is -2.33. The van der Waals surface area contributed by atoms with E-state index in [0.29, 0.717) is 30.9 Å². The minimum absolute atomic E-state index is 0.0142. The summed E-state index contributed by atoms with van der Waals surface area (Å²) in [5, 5.41) is 10.8. The zero-order valence-corrected chi connectivity index (χ0v) is 20.5. The van der Waals surface area contributed by atoms with Gasteiger partial charge in [-0.25, -0.2) is 4.79 Å². The molecular weight excluding hydrogens is 452 g/mol. The maximum Gasteiger partial charge on any atom is 0.319 e. The zero-order valence-electron chi connectivity index (χ0n) is 20.5. The van der Waals surface area contributed by atoms with Crippen molar-refractivity contribution in [1.29, 1.82) is 0 Å². The van der Waals surface area contributed by atoms with Gasteiger partial charge in [-0.3, -0.25) is 9.59 Å². The van der Waals surface area contributed by atoms with Crippen LogP contribution in [0, 0.1) is 18.8 Å². The number of hydrogen-bond acceptors (Lipinski definition) is 3. The number of rotatable bonds is 6. The number of nitrogens with zero attached hydrogens (tertiary/aromatic N) is 1. The van der Waals surface area contributed by atoms with E-state index in [9.17, 15) is 14.4 Å². The van der Waals surface area contributed by atoms with Crippen LogP contribution in [0.3, 0.4) is 0 Å². The van der Waals surface area contributed by atoms with Crippen LogP contribution >= 0.6 is 0 Å². The second kappa shape index (κ2) is 10.4. The lowest BCUT2D eigenvalue weighted by molar-refractivity contribution is -0.117. The summed E-state index contributed by atoms with van der Waals surface area (Å²) in [6, 6.07) is 19.1. The first kappa shape index (κ1) is 23.9. The normalized spacial score (nSPS) is 17.5. The number of urea groups is 1. The van der Waals surface area contributed by atoms with Gasteiger partial charge in [-0.1, -0.05) is 42.0 Å². The average molecular weight is 485 g/mol. The fourth-order valence-electron chi connectivity index (χ4n) is 4.74. The van der Waals surface area contributed by atoms with Crippen molar-refractivity contribution < 1.29 is 14.4 Å². The van der Waals surface area contributed by atoms with Crippen LogP contribution in [-0.2, 0) is 4.79 Å². The number of fused-ring (bicyclic) bond motifs is 1. The monoisotopic (exact) mass is 484 g/mol. The Bertz CT molecular complexity index is 1280. The van der Waals surface area contributed by atoms with Gasteiger partial charge in [0, 0.05) is 31.2 Å². The van der Waals surface area contributed by atoms with Crippen molar-refractivity contribution in [2.45, 2.75) is 32.6 Å². The number of likely N-dealkylation sites (tertiary alicyclic amines) is 1. The molecule has 3 aromatic carbocycles. The van der Waals surface area contributed by atoms with E-state index in [1.807, 2.05) is 72.5 Å². The number of benzene rings is 3. The fraction of sp³-hybridized carbons (Fsp3) is 0.345. The molecule has 2 fully saturated rings. The second-order valence-corrected chi connectivity index (χ2v) is 9.97. The molecule has 0 bridgehead atoms. The quantitative estimate of drug-likeness (QED) is 0.451. The summed E-state index contributed by atoms with van der Waals surface area (Å²) in [5.41, 5.74) is 2.98. The van der Waals surface area contributed by atoms with E-state index >= 15 is 0 Å². The zero-order chi connectivity index (χ0) is 25.1. The van der Waals surface area contributed by atoms with Gasteiger partial charge in [0.25, 0.3) is 5.91 Å². The van der Waals surface area contributed by atoms with Crippen LogP contribution < -0.4 is 16.0 Å². The van der Waals surface area contributed by atoms with Crippen molar-refractivity contribution in [1.82, 2.24) is 10.2 Å².